The molecule has 2 aromatic rings. The minimum Gasteiger partial charge on any atom is -0.532 e. The molecule has 0 aliphatic carbocycles. The summed E-state index contributed by atoms with van der Waals surface area (Å²) >= 11 is 0. The van der Waals surface area contributed by atoms with Crippen molar-refractivity contribution < 1.29 is 19.2 Å². The van der Waals surface area contributed by atoms with Gasteiger partial charge in [-0.25, -0.2) is 6.57 Å². The first-order valence-corrected chi connectivity index (χ1v) is 8.82. The van der Waals surface area contributed by atoms with Crippen molar-refractivity contribution in [3.05, 3.63) is 52.9 Å². The van der Waals surface area contributed by atoms with E-state index in [1.54, 1.807) is 29.1 Å². The zero-order valence-electron chi connectivity index (χ0n) is 14.9. The van der Waals surface area contributed by atoms with Gasteiger partial charge in [-0.3, -0.25) is 9.48 Å². The molecule has 2 atom stereocenters. The number of anilines is 2. The molecule has 4 N–H and O–H groups in total. The van der Waals surface area contributed by atoms with E-state index in [0.717, 1.165) is 5.56 Å². The number of carbonyl (C=O) groups is 1. The van der Waals surface area contributed by atoms with Crippen LogP contribution in [0.15, 0.2) is 30.4 Å². The van der Waals surface area contributed by atoms with Crippen molar-refractivity contribution in [1.29, 1.82) is 0 Å². The standard InChI is InChI=1S/C18H18BN5O4/c1-21-14-5-7-27-10-15(14)24-9-13(17(20)25)18(23-24)22-12-2-3-16-11(8-12)4-6-19(26)28-16/h2-4,6,8-9,14-15,26H,5,7,10H2,(H2,20,25)(H,22,23)/t14-,15-/m0/s1. The van der Waals surface area contributed by atoms with Crippen molar-refractivity contribution in [2.45, 2.75) is 18.5 Å². The molecular formula is C18H18BN5O4. The molecule has 0 saturated carbocycles. The number of fused-ring (bicyclic) bond motifs is 1. The van der Waals surface area contributed by atoms with Crippen molar-refractivity contribution in [1.82, 2.24) is 9.78 Å². The monoisotopic (exact) mass is 379 g/mol. The van der Waals surface area contributed by atoms with Crippen LogP contribution in [-0.4, -0.2) is 47.1 Å². The SMILES string of the molecule is [C-]#[N+][C@H]1CCOC[C@@H]1n1cc(C(N)=O)c(Nc2ccc3c(c2)C=CB(O)O3)n1. The van der Waals surface area contributed by atoms with Crippen LogP contribution < -0.4 is 15.7 Å². The Morgan fingerprint density at radius 1 is 1.50 bits per heavy atom. The number of hydrogen-bond donors (Lipinski definition) is 3. The van der Waals surface area contributed by atoms with Gasteiger partial charge in [0, 0.05) is 23.9 Å². The molecule has 10 heteroatoms. The topological polar surface area (TPSA) is 116 Å². The zero-order chi connectivity index (χ0) is 19.7. The molecular weight excluding hydrogens is 361 g/mol. The largest absolute Gasteiger partial charge is 0.552 e. The van der Waals surface area contributed by atoms with Gasteiger partial charge in [0.05, 0.1) is 13.2 Å². The number of nitrogens with two attached hydrogens (primary N) is 1. The van der Waals surface area contributed by atoms with Gasteiger partial charge in [0.2, 0.25) is 6.04 Å². The molecule has 0 spiro atoms. The number of nitrogens with one attached hydrogen (secondary N) is 1. The summed E-state index contributed by atoms with van der Waals surface area (Å²) in [6.07, 6.45) is 3.92. The summed E-state index contributed by atoms with van der Waals surface area (Å²) in [6.45, 7) is 8.29. The zero-order valence-corrected chi connectivity index (χ0v) is 14.9. The quantitative estimate of drug-likeness (QED) is 0.546. The molecule has 3 heterocycles. The smallest absolute Gasteiger partial charge is 0.532 e. The summed E-state index contributed by atoms with van der Waals surface area (Å²) in [5.74, 6) is 1.78. The highest BCUT2D eigenvalue weighted by atomic mass is 16.5. The van der Waals surface area contributed by atoms with Crippen molar-refractivity contribution in [2.75, 3.05) is 18.5 Å². The molecule has 1 aromatic heterocycles. The number of primary amides is 1. The molecule has 2 aliphatic heterocycles. The maximum Gasteiger partial charge on any atom is 0.552 e. The molecule has 2 aliphatic rings. The van der Waals surface area contributed by atoms with Crippen molar-refractivity contribution >= 4 is 30.6 Å². The van der Waals surface area contributed by atoms with Crippen molar-refractivity contribution in [3.8, 4) is 5.75 Å². The molecule has 1 fully saturated rings. The van der Waals surface area contributed by atoms with Crippen LogP contribution in [0.5, 0.6) is 5.75 Å². The van der Waals surface area contributed by atoms with Gasteiger partial charge < -0.3 is 30.3 Å². The van der Waals surface area contributed by atoms with E-state index in [2.05, 4.69) is 15.3 Å². The molecule has 0 bridgehead atoms. The molecule has 1 saturated heterocycles. The lowest BCUT2D eigenvalue weighted by Gasteiger charge is -2.23. The number of amides is 1. The summed E-state index contributed by atoms with van der Waals surface area (Å²) in [5.41, 5.74) is 7.21. The summed E-state index contributed by atoms with van der Waals surface area (Å²) in [7, 11) is -0.962. The van der Waals surface area contributed by atoms with Crippen LogP contribution >= 0.6 is 0 Å². The third-order valence-corrected chi connectivity index (χ3v) is 4.75. The molecule has 4 rings (SSSR count). The van der Waals surface area contributed by atoms with Crippen LogP contribution in [0.1, 0.15) is 28.4 Å². The highest BCUT2D eigenvalue weighted by Gasteiger charge is 2.33. The van der Waals surface area contributed by atoms with Gasteiger partial charge in [0.25, 0.3) is 5.91 Å². The molecule has 9 nitrogen and oxygen atoms in total. The van der Waals surface area contributed by atoms with Gasteiger partial charge in [0.15, 0.2) is 5.82 Å². The highest BCUT2D eigenvalue weighted by Crippen LogP contribution is 2.30. The fourth-order valence-electron chi connectivity index (χ4n) is 3.30. The van der Waals surface area contributed by atoms with E-state index < -0.39 is 13.0 Å². The second kappa shape index (κ2) is 7.38. The maximum absolute atomic E-state index is 11.9. The summed E-state index contributed by atoms with van der Waals surface area (Å²) in [6, 6.07) is 4.74. The number of aromatic nitrogens is 2. The maximum atomic E-state index is 11.9. The lowest BCUT2D eigenvalue weighted by molar-refractivity contribution is 0.0506. The Kier molecular flexibility index (Phi) is 4.77. The van der Waals surface area contributed by atoms with Crippen LogP contribution in [0.3, 0.4) is 0 Å². The van der Waals surface area contributed by atoms with E-state index in [4.69, 9.17) is 21.7 Å². The fourth-order valence-corrected chi connectivity index (χ4v) is 3.30. The third-order valence-electron chi connectivity index (χ3n) is 4.75. The van der Waals surface area contributed by atoms with Crippen LogP contribution in [0, 0.1) is 6.57 Å². The van der Waals surface area contributed by atoms with Gasteiger partial charge in [0.1, 0.15) is 17.4 Å². The second-order valence-corrected chi connectivity index (χ2v) is 6.61. The highest BCUT2D eigenvalue weighted by molar-refractivity contribution is 6.51. The molecule has 1 aromatic carbocycles. The lowest BCUT2D eigenvalue weighted by Crippen LogP contribution is -2.32. The number of ether oxygens (including phenoxy) is 1. The van der Waals surface area contributed by atoms with Gasteiger partial charge in [-0.1, -0.05) is 6.08 Å². The molecule has 142 valence electrons. The van der Waals surface area contributed by atoms with Crippen LogP contribution in [-0.2, 0) is 4.74 Å². The van der Waals surface area contributed by atoms with Crippen LogP contribution in [0.25, 0.3) is 10.9 Å². The number of hydrogen-bond acceptors (Lipinski definition) is 6. The van der Waals surface area contributed by atoms with Crippen molar-refractivity contribution in [2.24, 2.45) is 5.73 Å². The average Bonchev–Trinajstić information content (AvgIpc) is 3.12. The number of nitrogens with zero attached hydrogens (tertiary/aromatic N) is 3. The van der Waals surface area contributed by atoms with E-state index in [9.17, 15) is 9.82 Å². The Labute approximate surface area is 161 Å². The van der Waals surface area contributed by atoms with Crippen LogP contribution in [0.4, 0.5) is 11.5 Å². The van der Waals surface area contributed by atoms with Gasteiger partial charge in [-0.15, -0.1) is 0 Å². The molecule has 0 unspecified atom stereocenters. The van der Waals surface area contributed by atoms with E-state index in [1.165, 1.54) is 5.98 Å². The average molecular weight is 379 g/mol. The first-order chi connectivity index (χ1) is 13.5. The summed E-state index contributed by atoms with van der Waals surface area (Å²) < 4.78 is 12.4. The van der Waals surface area contributed by atoms with E-state index in [1.807, 2.05) is 6.07 Å². The Morgan fingerprint density at radius 3 is 3.14 bits per heavy atom. The lowest BCUT2D eigenvalue weighted by atomic mass is 9.86. The Hall–Kier alpha value is -3.29. The van der Waals surface area contributed by atoms with Crippen LogP contribution in [0.2, 0.25) is 0 Å². The minimum absolute atomic E-state index is 0.231. The first kappa shape index (κ1) is 18.1. The van der Waals surface area contributed by atoms with Gasteiger partial charge in [-0.2, -0.15) is 5.10 Å². The predicted octanol–water partition coefficient (Wildman–Crippen LogP) is 1.40. The number of rotatable bonds is 4. The predicted molar refractivity (Wildman–Crippen MR) is 103 cm³/mol. The van der Waals surface area contributed by atoms with Crippen molar-refractivity contribution in [3.63, 3.8) is 0 Å². The molecule has 1 amide bonds. The number of benzene rings is 1. The van der Waals surface area contributed by atoms with E-state index >= 15 is 0 Å². The van der Waals surface area contributed by atoms with Gasteiger partial charge >= 0.3 is 7.12 Å². The van der Waals surface area contributed by atoms with E-state index in [0.29, 0.717) is 36.9 Å². The normalized spacial score (nSPS) is 20.8. The second-order valence-electron chi connectivity index (χ2n) is 6.61. The fraction of sp³-hybridized carbons (Fsp3) is 0.278. The summed E-state index contributed by atoms with van der Waals surface area (Å²) in [5, 5.41) is 17.1. The minimum atomic E-state index is -0.962. The number of carbonyl (C=O) groups excluding carboxylic acids is 1. The summed E-state index contributed by atoms with van der Waals surface area (Å²) in [4.78, 5) is 15.6. The Balaban J connectivity index is 1.63. The Bertz CT molecular complexity index is 983. The molecule has 0 radical (unpaired) electrons. The first-order valence-electron chi connectivity index (χ1n) is 8.82. The third kappa shape index (κ3) is 3.45. The molecule has 28 heavy (non-hydrogen) atoms. The van der Waals surface area contributed by atoms with Gasteiger partial charge in [-0.05, 0) is 24.2 Å². The Morgan fingerprint density at radius 2 is 2.36 bits per heavy atom. The van der Waals surface area contributed by atoms with E-state index in [-0.39, 0.29) is 17.6 Å².